The molecule has 2 aromatic carbocycles. The molecule has 6 nitrogen and oxygen atoms in total. The number of rotatable bonds is 4. The first-order chi connectivity index (χ1) is 11.5. The van der Waals surface area contributed by atoms with Gasteiger partial charge in [-0.25, -0.2) is 9.18 Å². The van der Waals surface area contributed by atoms with E-state index in [1.54, 1.807) is 12.3 Å². The molecule has 0 aromatic heterocycles. The van der Waals surface area contributed by atoms with Gasteiger partial charge < -0.3 is 9.50 Å². The monoisotopic (exact) mass is 348 g/mol. The minimum Gasteiger partial charge on any atom is -0.379 e. The third kappa shape index (κ3) is 3.38. The fourth-order valence-corrected chi connectivity index (χ4v) is 3.05. The van der Waals surface area contributed by atoms with Crippen molar-refractivity contribution >= 4 is 21.8 Å². The van der Waals surface area contributed by atoms with Gasteiger partial charge in [0.25, 0.3) is 0 Å². The molecule has 1 heterocycles. The molecule has 24 heavy (non-hydrogen) atoms. The number of hydrogen-bond donors (Lipinski definition) is 1. The van der Waals surface area contributed by atoms with Gasteiger partial charge in [0.05, 0.1) is 5.69 Å². The zero-order valence-electron chi connectivity index (χ0n) is 12.3. The van der Waals surface area contributed by atoms with Crippen LogP contribution >= 0.6 is 0 Å². The molecule has 0 saturated heterocycles. The zero-order chi connectivity index (χ0) is 17.2. The van der Waals surface area contributed by atoms with Crippen LogP contribution in [0.1, 0.15) is 0 Å². The van der Waals surface area contributed by atoms with E-state index in [-0.39, 0.29) is 16.7 Å². The molecule has 1 N–H and O–H groups in total. The SMILES string of the molecule is O=C1NCC=CN1c1ccc(S(=O)(=O)Oc2cccc(F)c2)cc1. The topological polar surface area (TPSA) is 75.7 Å². The molecule has 124 valence electrons. The van der Waals surface area contributed by atoms with Crippen molar-refractivity contribution in [3.63, 3.8) is 0 Å². The van der Waals surface area contributed by atoms with Crippen LogP contribution in [0.25, 0.3) is 0 Å². The van der Waals surface area contributed by atoms with Crippen molar-refractivity contribution in [2.75, 3.05) is 11.4 Å². The van der Waals surface area contributed by atoms with Gasteiger partial charge in [0.1, 0.15) is 16.5 Å². The highest BCUT2D eigenvalue weighted by atomic mass is 32.2. The van der Waals surface area contributed by atoms with Gasteiger partial charge >= 0.3 is 16.1 Å². The summed E-state index contributed by atoms with van der Waals surface area (Å²) in [6, 6.07) is 10.2. The summed E-state index contributed by atoms with van der Waals surface area (Å²) >= 11 is 0. The maximum atomic E-state index is 13.1. The first-order valence-electron chi connectivity index (χ1n) is 6.99. The van der Waals surface area contributed by atoms with Crippen molar-refractivity contribution in [1.82, 2.24) is 5.32 Å². The van der Waals surface area contributed by atoms with Crippen molar-refractivity contribution in [2.45, 2.75) is 4.90 Å². The van der Waals surface area contributed by atoms with Gasteiger partial charge in [-0.1, -0.05) is 6.07 Å². The van der Waals surface area contributed by atoms with Crippen molar-refractivity contribution in [2.24, 2.45) is 0 Å². The van der Waals surface area contributed by atoms with Crippen molar-refractivity contribution in [1.29, 1.82) is 0 Å². The van der Waals surface area contributed by atoms with Crippen molar-refractivity contribution in [3.8, 4) is 5.75 Å². The molecule has 0 bridgehead atoms. The van der Waals surface area contributed by atoms with Crippen LogP contribution in [0.4, 0.5) is 14.9 Å². The largest absolute Gasteiger partial charge is 0.379 e. The maximum absolute atomic E-state index is 13.1. The Kier molecular flexibility index (Phi) is 4.22. The Labute approximate surface area is 138 Å². The molecule has 0 saturated carbocycles. The predicted molar refractivity (Wildman–Crippen MR) is 85.7 cm³/mol. The van der Waals surface area contributed by atoms with E-state index < -0.39 is 15.9 Å². The van der Waals surface area contributed by atoms with Crippen LogP contribution in [-0.4, -0.2) is 21.0 Å². The molecule has 2 aromatic rings. The molecular weight excluding hydrogens is 335 g/mol. The van der Waals surface area contributed by atoms with Gasteiger partial charge in [-0.15, -0.1) is 0 Å². The second-order valence-electron chi connectivity index (χ2n) is 4.93. The highest BCUT2D eigenvalue weighted by Gasteiger charge is 2.19. The number of amides is 2. The molecule has 0 fully saturated rings. The van der Waals surface area contributed by atoms with Crippen LogP contribution in [0.2, 0.25) is 0 Å². The molecule has 1 aliphatic heterocycles. The molecule has 0 radical (unpaired) electrons. The number of nitrogens with zero attached hydrogens (tertiary/aromatic N) is 1. The lowest BCUT2D eigenvalue weighted by molar-refractivity contribution is 0.248. The van der Waals surface area contributed by atoms with E-state index in [1.807, 2.05) is 0 Å². The van der Waals surface area contributed by atoms with E-state index in [0.29, 0.717) is 12.2 Å². The second-order valence-corrected chi connectivity index (χ2v) is 6.48. The summed E-state index contributed by atoms with van der Waals surface area (Å²) in [7, 11) is -4.09. The Morgan fingerprint density at radius 3 is 2.54 bits per heavy atom. The molecule has 8 heteroatoms. The first kappa shape index (κ1) is 16.0. The second kappa shape index (κ2) is 6.32. The number of urea groups is 1. The van der Waals surface area contributed by atoms with Crippen molar-refractivity contribution < 1.29 is 21.8 Å². The molecule has 0 atom stereocenters. The summed E-state index contributed by atoms with van der Waals surface area (Å²) in [4.78, 5) is 13.0. The van der Waals surface area contributed by atoms with E-state index in [1.165, 1.54) is 47.4 Å². The van der Waals surface area contributed by atoms with Gasteiger partial charge in [0.2, 0.25) is 0 Å². The number of nitrogens with one attached hydrogen (secondary N) is 1. The molecule has 1 aliphatic rings. The average molecular weight is 348 g/mol. The highest BCUT2D eigenvalue weighted by molar-refractivity contribution is 7.87. The van der Waals surface area contributed by atoms with Crippen LogP contribution in [-0.2, 0) is 10.1 Å². The summed E-state index contributed by atoms with van der Waals surface area (Å²) < 4.78 is 42.4. The van der Waals surface area contributed by atoms with Crippen LogP contribution in [0, 0.1) is 5.82 Å². The Morgan fingerprint density at radius 2 is 1.88 bits per heavy atom. The van der Waals surface area contributed by atoms with E-state index in [2.05, 4.69) is 5.32 Å². The lowest BCUT2D eigenvalue weighted by atomic mass is 10.3. The molecular formula is C16H13FN2O4S. The zero-order valence-corrected chi connectivity index (χ0v) is 13.2. The summed E-state index contributed by atoms with van der Waals surface area (Å²) in [6.45, 7) is 0.448. The summed E-state index contributed by atoms with van der Waals surface area (Å²) in [5.74, 6) is -0.710. The molecule has 0 unspecified atom stereocenters. The lowest BCUT2D eigenvalue weighted by Gasteiger charge is -2.22. The number of hydrogen-bond acceptors (Lipinski definition) is 4. The van der Waals surface area contributed by atoms with Gasteiger partial charge in [-0.05, 0) is 42.5 Å². The van der Waals surface area contributed by atoms with Gasteiger partial charge in [-0.2, -0.15) is 8.42 Å². The van der Waals surface area contributed by atoms with E-state index in [4.69, 9.17) is 4.18 Å². The number of halogens is 1. The van der Waals surface area contributed by atoms with Gasteiger partial charge in [0, 0.05) is 18.8 Å². The fraction of sp³-hybridized carbons (Fsp3) is 0.0625. The Hall–Kier alpha value is -2.87. The van der Waals surface area contributed by atoms with Crippen LogP contribution < -0.4 is 14.4 Å². The third-order valence-electron chi connectivity index (χ3n) is 3.25. The quantitative estimate of drug-likeness (QED) is 0.862. The predicted octanol–water partition coefficient (Wildman–Crippen LogP) is 2.64. The van der Waals surface area contributed by atoms with E-state index >= 15 is 0 Å². The van der Waals surface area contributed by atoms with Gasteiger partial charge in [-0.3, -0.25) is 4.90 Å². The lowest BCUT2D eigenvalue weighted by Crippen LogP contribution is -2.39. The number of benzene rings is 2. The third-order valence-corrected chi connectivity index (χ3v) is 4.51. The fourth-order valence-electron chi connectivity index (χ4n) is 2.13. The minimum atomic E-state index is -4.09. The smallest absolute Gasteiger partial charge is 0.339 e. The summed E-state index contributed by atoms with van der Waals surface area (Å²) in [5.41, 5.74) is 0.508. The normalized spacial score (nSPS) is 14.4. The van der Waals surface area contributed by atoms with E-state index in [9.17, 15) is 17.6 Å². The Balaban J connectivity index is 1.83. The van der Waals surface area contributed by atoms with Gasteiger partial charge in [0.15, 0.2) is 0 Å². The molecule has 0 spiro atoms. The van der Waals surface area contributed by atoms with E-state index in [0.717, 1.165) is 6.07 Å². The standard InChI is InChI=1S/C16H13FN2O4S/c17-12-3-1-4-14(11-12)23-24(21,22)15-7-5-13(6-8-15)19-10-2-9-18-16(19)20/h1-8,10-11H,9H2,(H,18,20). The highest BCUT2D eigenvalue weighted by Crippen LogP contribution is 2.23. The molecule has 0 aliphatic carbocycles. The average Bonchev–Trinajstić information content (AvgIpc) is 2.55. The Bertz CT molecular complexity index is 895. The minimum absolute atomic E-state index is 0.100. The number of carbonyl (C=O) groups excluding carboxylic acids is 1. The van der Waals surface area contributed by atoms with Crippen LogP contribution in [0.15, 0.2) is 65.7 Å². The molecule has 2 amide bonds. The Morgan fingerprint density at radius 1 is 1.12 bits per heavy atom. The summed E-state index contributed by atoms with van der Waals surface area (Å²) in [6.07, 6.45) is 3.37. The van der Waals surface area contributed by atoms with Crippen molar-refractivity contribution in [3.05, 3.63) is 66.6 Å². The van der Waals surface area contributed by atoms with Crippen LogP contribution in [0.3, 0.4) is 0 Å². The number of carbonyl (C=O) groups is 1. The maximum Gasteiger partial charge on any atom is 0.339 e. The van der Waals surface area contributed by atoms with Crippen LogP contribution in [0.5, 0.6) is 5.75 Å². The summed E-state index contributed by atoms with van der Waals surface area (Å²) in [5, 5.41) is 2.64. The molecule has 3 rings (SSSR count). The number of anilines is 1. The first-order valence-corrected chi connectivity index (χ1v) is 8.40.